The Morgan fingerprint density at radius 2 is 2.14 bits per heavy atom. The number of hydrogen-bond donors (Lipinski definition) is 2. The summed E-state index contributed by atoms with van der Waals surface area (Å²) in [7, 11) is 0. The van der Waals surface area contributed by atoms with E-state index >= 15 is 0 Å². The Balaban J connectivity index is 1.80. The van der Waals surface area contributed by atoms with Crippen LogP contribution in [0.15, 0.2) is 24.3 Å². The molecule has 8 nitrogen and oxygen atoms in total. The van der Waals surface area contributed by atoms with Crippen LogP contribution in [-0.4, -0.2) is 45.9 Å². The van der Waals surface area contributed by atoms with Crippen LogP contribution in [0.2, 0.25) is 0 Å². The van der Waals surface area contributed by atoms with Crippen LogP contribution in [0.1, 0.15) is 55.6 Å². The van der Waals surface area contributed by atoms with Crippen molar-refractivity contribution in [1.82, 2.24) is 25.5 Å². The number of carbonyl (C=O) groups excluding carboxylic acids is 1. The van der Waals surface area contributed by atoms with Gasteiger partial charge in [0.05, 0.1) is 12.6 Å². The number of nitrogens with zero attached hydrogens (tertiary/aromatic N) is 4. The molecule has 0 spiro atoms. The summed E-state index contributed by atoms with van der Waals surface area (Å²) in [6.45, 7) is 5.82. The second kappa shape index (κ2) is 10.5. The van der Waals surface area contributed by atoms with E-state index in [1.807, 2.05) is 12.1 Å². The van der Waals surface area contributed by atoms with Gasteiger partial charge in [-0.2, -0.15) is 0 Å². The molecular weight excluding hydrogens is 368 g/mol. The van der Waals surface area contributed by atoms with Gasteiger partial charge < -0.3 is 15.8 Å². The monoisotopic (exact) mass is 400 g/mol. The zero-order valence-corrected chi connectivity index (χ0v) is 17.4. The fourth-order valence-corrected chi connectivity index (χ4v) is 4.20. The molecule has 1 aliphatic rings. The zero-order chi connectivity index (χ0) is 20.6. The molecule has 0 amide bonds. The van der Waals surface area contributed by atoms with Crippen LogP contribution in [-0.2, 0) is 16.1 Å². The molecule has 1 aromatic carbocycles. The molecule has 0 radical (unpaired) electrons. The first-order chi connectivity index (χ1) is 14.1. The zero-order valence-electron chi connectivity index (χ0n) is 17.4. The number of carbonyl (C=O) groups is 1. The van der Waals surface area contributed by atoms with E-state index < -0.39 is 0 Å². The van der Waals surface area contributed by atoms with Crippen molar-refractivity contribution in [2.75, 3.05) is 19.7 Å². The highest BCUT2D eigenvalue weighted by Crippen LogP contribution is 2.29. The SMILES string of the molecule is CCOC(=O)Cn1nnnc1C(NCC1CCCC(CN)C1)c1ccccc1C. The molecule has 0 saturated heterocycles. The number of nitrogens with one attached hydrogen (secondary N) is 1. The third kappa shape index (κ3) is 5.61. The first kappa shape index (κ1) is 21.4. The van der Waals surface area contributed by atoms with Crippen LogP contribution in [0.5, 0.6) is 0 Å². The van der Waals surface area contributed by atoms with E-state index in [-0.39, 0.29) is 18.6 Å². The van der Waals surface area contributed by atoms with Gasteiger partial charge in [0.1, 0.15) is 6.54 Å². The molecule has 1 fully saturated rings. The molecule has 8 heteroatoms. The molecule has 1 heterocycles. The smallest absolute Gasteiger partial charge is 0.327 e. The maximum absolute atomic E-state index is 12.0. The Bertz CT molecular complexity index is 793. The predicted octanol–water partition coefficient (Wildman–Crippen LogP) is 1.99. The van der Waals surface area contributed by atoms with Gasteiger partial charge in [0.2, 0.25) is 0 Å². The number of benzene rings is 1. The van der Waals surface area contributed by atoms with E-state index in [1.54, 1.807) is 6.92 Å². The maximum Gasteiger partial charge on any atom is 0.327 e. The fraction of sp³-hybridized carbons (Fsp3) is 0.619. The van der Waals surface area contributed by atoms with Gasteiger partial charge in [-0.05, 0) is 79.6 Å². The molecule has 29 heavy (non-hydrogen) atoms. The van der Waals surface area contributed by atoms with Gasteiger partial charge in [-0.1, -0.05) is 30.7 Å². The Hall–Kier alpha value is -2.32. The lowest BCUT2D eigenvalue weighted by molar-refractivity contribution is -0.144. The average Bonchev–Trinajstić information content (AvgIpc) is 3.17. The summed E-state index contributed by atoms with van der Waals surface area (Å²) >= 11 is 0. The Morgan fingerprint density at radius 1 is 1.34 bits per heavy atom. The molecule has 1 saturated carbocycles. The second-order valence-corrected chi connectivity index (χ2v) is 7.83. The summed E-state index contributed by atoms with van der Waals surface area (Å²) in [6, 6.07) is 8.00. The number of ether oxygens (including phenoxy) is 1. The minimum absolute atomic E-state index is 0.00108. The standard InChI is InChI=1S/C21H32N6O2/c1-3-29-19(28)14-27-21(24-25-26-27)20(18-10-5-4-7-15(18)2)23-13-17-9-6-8-16(11-17)12-22/h4-5,7,10,16-17,20,23H,3,6,8-9,11-14,22H2,1-2H3. The predicted molar refractivity (Wildman–Crippen MR) is 110 cm³/mol. The van der Waals surface area contributed by atoms with Gasteiger partial charge in [-0.15, -0.1) is 5.10 Å². The normalized spacial score (nSPS) is 20.4. The summed E-state index contributed by atoms with van der Waals surface area (Å²) in [6.07, 6.45) is 4.81. The van der Waals surface area contributed by atoms with Crippen molar-refractivity contribution in [3.8, 4) is 0 Å². The van der Waals surface area contributed by atoms with E-state index in [4.69, 9.17) is 10.5 Å². The lowest BCUT2D eigenvalue weighted by Crippen LogP contribution is -2.34. The highest BCUT2D eigenvalue weighted by Gasteiger charge is 2.26. The van der Waals surface area contributed by atoms with Gasteiger partial charge in [0.15, 0.2) is 5.82 Å². The lowest BCUT2D eigenvalue weighted by Gasteiger charge is -2.30. The van der Waals surface area contributed by atoms with Gasteiger partial charge in [-0.3, -0.25) is 4.79 Å². The Labute approximate surface area is 172 Å². The molecule has 0 aliphatic heterocycles. The summed E-state index contributed by atoms with van der Waals surface area (Å²) in [5.74, 6) is 1.47. The number of hydrogen-bond acceptors (Lipinski definition) is 7. The molecule has 3 unspecified atom stereocenters. The summed E-state index contributed by atoms with van der Waals surface area (Å²) in [4.78, 5) is 12.0. The van der Waals surface area contributed by atoms with E-state index in [0.29, 0.717) is 24.3 Å². The largest absolute Gasteiger partial charge is 0.465 e. The van der Waals surface area contributed by atoms with Crippen molar-refractivity contribution in [2.45, 2.75) is 52.1 Å². The van der Waals surface area contributed by atoms with Crippen LogP contribution in [0.25, 0.3) is 0 Å². The molecular formula is C21H32N6O2. The van der Waals surface area contributed by atoms with Crippen LogP contribution < -0.4 is 11.1 Å². The average molecular weight is 401 g/mol. The fourth-order valence-electron chi connectivity index (χ4n) is 4.20. The van der Waals surface area contributed by atoms with Crippen molar-refractivity contribution in [3.63, 3.8) is 0 Å². The van der Waals surface area contributed by atoms with Crippen LogP contribution in [0.4, 0.5) is 0 Å². The number of esters is 1. The topological polar surface area (TPSA) is 108 Å². The molecule has 1 aromatic heterocycles. The highest BCUT2D eigenvalue weighted by atomic mass is 16.5. The summed E-state index contributed by atoms with van der Waals surface area (Å²) in [5, 5.41) is 15.8. The van der Waals surface area contributed by atoms with E-state index in [0.717, 1.165) is 30.6 Å². The third-order valence-electron chi connectivity index (χ3n) is 5.74. The van der Waals surface area contributed by atoms with Gasteiger partial charge in [0.25, 0.3) is 0 Å². The van der Waals surface area contributed by atoms with Gasteiger partial charge >= 0.3 is 5.97 Å². The number of tetrazole rings is 1. The molecule has 0 bridgehead atoms. The van der Waals surface area contributed by atoms with E-state index in [1.165, 1.54) is 23.9 Å². The first-order valence-electron chi connectivity index (χ1n) is 10.5. The van der Waals surface area contributed by atoms with Gasteiger partial charge in [-0.25, -0.2) is 4.68 Å². The third-order valence-corrected chi connectivity index (χ3v) is 5.74. The molecule has 2 aromatic rings. The number of aryl methyl sites for hydroxylation is 1. The summed E-state index contributed by atoms with van der Waals surface area (Å²) in [5.41, 5.74) is 8.17. The van der Waals surface area contributed by atoms with Gasteiger partial charge in [0, 0.05) is 0 Å². The van der Waals surface area contributed by atoms with Crippen molar-refractivity contribution < 1.29 is 9.53 Å². The lowest BCUT2D eigenvalue weighted by atomic mass is 9.81. The van der Waals surface area contributed by atoms with Crippen molar-refractivity contribution >= 4 is 5.97 Å². The Kier molecular flexibility index (Phi) is 7.71. The minimum Gasteiger partial charge on any atom is -0.465 e. The molecule has 3 atom stereocenters. The number of nitrogens with two attached hydrogens (primary N) is 1. The number of rotatable bonds is 9. The first-order valence-corrected chi connectivity index (χ1v) is 10.5. The van der Waals surface area contributed by atoms with Crippen LogP contribution >= 0.6 is 0 Å². The van der Waals surface area contributed by atoms with Crippen molar-refractivity contribution in [1.29, 1.82) is 0 Å². The Morgan fingerprint density at radius 3 is 2.90 bits per heavy atom. The molecule has 3 rings (SSSR count). The summed E-state index contributed by atoms with van der Waals surface area (Å²) < 4.78 is 6.60. The maximum atomic E-state index is 12.0. The molecule has 158 valence electrons. The highest BCUT2D eigenvalue weighted by molar-refractivity contribution is 5.69. The minimum atomic E-state index is -0.345. The number of aromatic nitrogens is 4. The molecule has 3 N–H and O–H groups in total. The van der Waals surface area contributed by atoms with Crippen LogP contribution in [0, 0.1) is 18.8 Å². The van der Waals surface area contributed by atoms with Crippen molar-refractivity contribution in [3.05, 3.63) is 41.2 Å². The van der Waals surface area contributed by atoms with Crippen LogP contribution in [0.3, 0.4) is 0 Å². The second-order valence-electron chi connectivity index (χ2n) is 7.83. The van der Waals surface area contributed by atoms with Crippen molar-refractivity contribution in [2.24, 2.45) is 17.6 Å². The van der Waals surface area contributed by atoms with E-state index in [2.05, 4.69) is 39.9 Å². The quantitative estimate of drug-likeness (QED) is 0.620. The molecule has 1 aliphatic carbocycles. The van der Waals surface area contributed by atoms with E-state index in [9.17, 15) is 4.79 Å².